The second kappa shape index (κ2) is 4.57. The van der Waals surface area contributed by atoms with E-state index in [1.54, 1.807) is 12.4 Å². The van der Waals surface area contributed by atoms with Gasteiger partial charge in [-0.1, -0.05) is 12.1 Å². The molecule has 0 atom stereocenters. The average molecular weight is 250 g/mol. The number of aromatic nitrogens is 3. The normalized spacial score (nSPS) is 10.6. The number of rotatable bonds is 2. The van der Waals surface area contributed by atoms with Crippen molar-refractivity contribution in [1.29, 1.82) is 0 Å². The van der Waals surface area contributed by atoms with Crippen molar-refractivity contribution in [2.45, 2.75) is 6.92 Å². The third kappa shape index (κ3) is 2.08. The van der Waals surface area contributed by atoms with E-state index < -0.39 is 0 Å². The largest absolute Gasteiger partial charge is 0.399 e. The molecule has 0 fully saturated rings. The fourth-order valence-electron chi connectivity index (χ4n) is 2.10. The molecule has 0 aliphatic heterocycles. The summed E-state index contributed by atoms with van der Waals surface area (Å²) in [5.74, 6) is 0.864. The molecule has 94 valence electrons. The summed E-state index contributed by atoms with van der Waals surface area (Å²) < 4.78 is 2.02. The number of hydrogen-bond donors (Lipinski definition) is 1. The maximum Gasteiger partial charge on any atom is 0.144 e. The summed E-state index contributed by atoms with van der Waals surface area (Å²) in [6.07, 6.45) is 7.34. The van der Waals surface area contributed by atoms with Crippen LogP contribution in [-0.2, 0) is 0 Å². The summed E-state index contributed by atoms with van der Waals surface area (Å²) in [5.41, 5.74) is 9.74. The van der Waals surface area contributed by atoms with Gasteiger partial charge in [-0.3, -0.25) is 9.55 Å². The van der Waals surface area contributed by atoms with E-state index in [1.807, 2.05) is 47.3 Å². The molecule has 1 aromatic carbocycles. The smallest absolute Gasteiger partial charge is 0.144 e. The molecule has 0 unspecified atom stereocenters. The van der Waals surface area contributed by atoms with Gasteiger partial charge >= 0.3 is 0 Å². The van der Waals surface area contributed by atoms with Gasteiger partial charge in [-0.05, 0) is 30.7 Å². The van der Waals surface area contributed by atoms with Gasteiger partial charge in [0.1, 0.15) is 5.82 Å². The van der Waals surface area contributed by atoms with Crippen molar-refractivity contribution in [1.82, 2.24) is 14.5 Å². The molecule has 0 spiro atoms. The minimum absolute atomic E-state index is 0.731. The van der Waals surface area contributed by atoms with Gasteiger partial charge in [0.25, 0.3) is 0 Å². The van der Waals surface area contributed by atoms with Crippen LogP contribution in [0.3, 0.4) is 0 Å². The zero-order valence-corrected chi connectivity index (χ0v) is 10.6. The van der Waals surface area contributed by atoms with Crippen LogP contribution in [-0.4, -0.2) is 14.5 Å². The lowest BCUT2D eigenvalue weighted by Gasteiger charge is -2.10. The third-order valence-corrected chi connectivity index (χ3v) is 3.06. The topological polar surface area (TPSA) is 56.7 Å². The summed E-state index contributed by atoms with van der Waals surface area (Å²) >= 11 is 0. The minimum Gasteiger partial charge on any atom is -0.399 e. The number of nitrogens with zero attached hydrogens (tertiary/aromatic N) is 3. The maximum absolute atomic E-state index is 5.83. The van der Waals surface area contributed by atoms with Crippen molar-refractivity contribution in [2.24, 2.45) is 0 Å². The number of aryl methyl sites for hydroxylation is 1. The summed E-state index contributed by atoms with van der Waals surface area (Å²) in [6, 6.07) is 9.70. The number of anilines is 1. The first-order chi connectivity index (χ1) is 9.25. The molecule has 2 aromatic heterocycles. The molecule has 0 radical (unpaired) electrons. The highest BCUT2D eigenvalue weighted by Crippen LogP contribution is 2.24. The quantitative estimate of drug-likeness (QED) is 0.711. The molecule has 4 nitrogen and oxygen atoms in total. The summed E-state index contributed by atoms with van der Waals surface area (Å²) in [5, 5.41) is 0. The Bertz CT molecular complexity index is 715. The van der Waals surface area contributed by atoms with Crippen LogP contribution in [0.5, 0.6) is 0 Å². The Morgan fingerprint density at radius 1 is 1.16 bits per heavy atom. The van der Waals surface area contributed by atoms with Gasteiger partial charge in [0.15, 0.2) is 0 Å². The molecule has 4 heteroatoms. The zero-order chi connectivity index (χ0) is 13.2. The van der Waals surface area contributed by atoms with Gasteiger partial charge in [0, 0.05) is 29.8 Å². The highest BCUT2D eigenvalue weighted by atomic mass is 15.1. The molecule has 19 heavy (non-hydrogen) atoms. The summed E-state index contributed by atoms with van der Waals surface area (Å²) in [4.78, 5) is 8.61. The standard InChI is InChI=1S/C15H14N4/c1-11-5-6-17-10-14(11)19-8-7-18-15(19)12-3-2-4-13(16)9-12/h2-10H,16H2,1H3. The van der Waals surface area contributed by atoms with Crippen LogP contribution < -0.4 is 5.73 Å². The fourth-order valence-corrected chi connectivity index (χ4v) is 2.10. The van der Waals surface area contributed by atoms with Crippen LogP contribution in [0.15, 0.2) is 55.1 Å². The average Bonchev–Trinajstić information content (AvgIpc) is 2.88. The molecule has 0 amide bonds. The van der Waals surface area contributed by atoms with E-state index in [0.717, 1.165) is 28.3 Å². The summed E-state index contributed by atoms with van der Waals surface area (Å²) in [7, 11) is 0. The van der Waals surface area contributed by atoms with Crippen LogP contribution in [0.1, 0.15) is 5.56 Å². The highest BCUT2D eigenvalue weighted by Gasteiger charge is 2.09. The van der Waals surface area contributed by atoms with Gasteiger partial charge in [0.2, 0.25) is 0 Å². The van der Waals surface area contributed by atoms with Gasteiger partial charge in [0.05, 0.1) is 11.9 Å². The SMILES string of the molecule is Cc1ccncc1-n1ccnc1-c1cccc(N)c1. The Morgan fingerprint density at radius 2 is 2.05 bits per heavy atom. The van der Waals surface area contributed by atoms with Gasteiger partial charge < -0.3 is 5.73 Å². The Labute approximate surface area is 111 Å². The van der Waals surface area contributed by atoms with E-state index >= 15 is 0 Å². The molecule has 0 saturated carbocycles. The van der Waals surface area contributed by atoms with Crippen molar-refractivity contribution in [3.63, 3.8) is 0 Å². The van der Waals surface area contributed by atoms with Gasteiger partial charge in [-0.15, -0.1) is 0 Å². The lowest BCUT2D eigenvalue weighted by Crippen LogP contribution is -1.99. The molecule has 0 aliphatic carbocycles. The molecule has 0 aliphatic rings. The number of imidazole rings is 1. The Hall–Kier alpha value is -2.62. The van der Waals surface area contributed by atoms with Crippen LogP contribution in [0.25, 0.3) is 17.1 Å². The van der Waals surface area contributed by atoms with E-state index in [0.29, 0.717) is 0 Å². The third-order valence-electron chi connectivity index (χ3n) is 3.06. The predicted octanol–water partition coefficient (Wildman–Crippen LogP) is 2.82. The number of nitrogens with two attached hydrogens (primary N) is 1. The maximum atomic E-state index is 5.83. The van der Waals surface area contributed by atoms with Gasteiger partial charge in [-0.2, -0.15) is 0 Å². The first-order valence-electron chi connectivity index (χ1n) is 6.06. The monoisotopic (exact) mass is 250 g/mol. The second-order valence-corrected chi connectivity index (χ2v) is 4.41. The molecule has 0 saturated heterocycles. The Balaban J connectivity index is 2.16. The van der Waals surface area contributed by atoms with Crippen LogP contribution in [0.2, 0.25) is 0 Å². The van der Waals surface area contributed by atoms with E-state index in [-0.39, 0.29) is 0 Å². The molecule has 2 heterocycles. The molecular weight excluding hydrogens is 236 g/mol. The Kier molecular flexibility index (Phi) is 2.76. The lowest BCUT2D eigenvalue weighted by atomic mass is 10.2. The van der Waals surface area contributed by atoms with E-state index in [2.05, 4.69) is 16.9 Å². The number of hydrogen-bond acceptors (Lipinski definition) is 3. The van der Waals surface area contributed by atoms with Crippen molar-refractivity contribution in [3.8, 4) is 17.1 Å². The van der Waals surface area contributed by atoms with Crippen LogP contribution in [0, 0.1) is 6.92 Å². The molecule has 2 N–H and O–H groups in total. The summed E-state index contributed by atoms with van der Waals surface area (Å²) in [6.45, 7) is 2.06. The molecule has 0 bridgehead atoms. The van der Waals surface area contributed by atoms with Crippen LogP contribution in [0.4, 0.5) is 5.69 Å². The van der Waals surface area contributed by atoms with Crippen molar-refractivity contribution in [2.75, 3.05) is 5.73 Å². The van der Waals surface area contributed by atoms with Crippen molar-refractivity contribution >= 4 is 5.69 Å². The second-order valence-electron chi connectivity index (χ2n) is 4.41. The first-order valence-corrected chi connectivity index (χ1v) is 6.06. The molecular formula is C15H14N4. The van der Waals surface area contributed by atoms with E-state index in [1.165, 1.54) is 0 Å². The lowest BCUT2D eigenvalue weighted by molar-refractivity contribution is 1.03. The van der Waals surface area contributed by atoms with Crippen LogP contribution >= 0.6 is 0 Å². The molecule has 3 rings (SSSR count). The van der Waals surface area contributed by atoms with E-state index in [4.69, 9.17) is 5.73 Å². The van der Waals surface area contributed by atoms with Crippen molar-refractivity contribution in [3.05, 3.63) is 60.7 Å². The fraction of sp³-hybridized carbons (Fsp3) is 0.0667. The number of pyridine rings is 1. The highest BCUT2D eigenvalue weighted by molar-refractivity contribution is 5.63. The van der Waals surface area contributed by atoms with Crippen molar-refractivity contribution < 1.29 is 0 Å². The molecule has 3 aromatic rings. The Morgan fingerprint density at radius 3 is 2.84 bits per heavy atom. The van der Waals surface area contributed by atoms with E-state index in [9.17, 15) is 0 Å². The van der Waals surface area contributed by atoms with Gasteiger partial charge in [-0.25, -0.2) is 4.98 Å². The zero-order valence-electron chi connectivity index (χ0n) is 10.6. The number of nitrogen functional groups attached to an aromatic ring is 1. The predicted molar refractivity (Wildman–Crippen MR) is 75.9 cm³/mol. The number of benzene rings is 1. The first kappa shape index (κ1) is 11.5. The minimum atomic E-state index is 0.731.